The number of aromatic nitrogens is 1. The van der Waals surface area contributed by atoms with Gasteiger partial charge in [-0.15, -0.1) is 0 Å². The molecule has 76 valence electrons. The van der Waals surface area contributed by atoms with Crippen LogP contribution in [0.25, 0.3) is 0 Å². The first-order valence-corrected chi connectivity index (χ1v) is 4.84. The van der Waals surface area contributed by atoms with E-state index in [1.807, 2.05) is 18.2 Å². The molecule has 0 atom stereocenters. The van der Waals surface area contributed by atoms with Gasteiger partial charge in [0.1, 0.15) is 5.82 Å². The predicted octanol–water partition coefficient (Wildman–Crippen LogP) is 0.587. The van der Waals surface area contributed by atoms with Gasteiger partial charge in [0.2, 0.25) is 0 Å². The molecular formula is C9H14N4S. The van der Waals surface area contributed by atoms with Gasteiger partial charge < -0.3 is 16.0 Å². The van der Waals surface area contributed by atoms with Crippen LogP contribution < -0.4 is 16.0 Å². The van der Waals surface area contributed by atoms with Crippen molar-refractivity contribution < 1.29 is 0 Å². The van der Waals surface area contributed by atoms with E-state index in [4.69, 9.17) is 12.2 Å². The van der Waals surface area contributed by atoms with E-state index in [2.05, 4.69) is 20.9 Å². The SMILES string of the molecule is CNC(=S)NCCNc1ccccn1. The van der Waals surface area contributed by atoms with E-state index in [1.165, 1.54) is 0 Å². The highest BCUT2D eigenvalue weighted by molar-refractivity contribution is 7.80. The topological polar surface area (TPSA) is 49.0 Å². The highest BCUT2D eigenvalue weighted by Crippen LogP contribution is 1.97. The fourth-order valence-corrected chi connectivity index (χ4v) is 1.02. The van der Waals surface area contributed by atoms with Crippen molar-refractivity contribution in [1.82, 2.24) is 15.6 Å². The van der Waals surface area contributed by atoms with E-state index in [9.17, 15) is 0 Å². The zero-order valence-corrected chi connectivity index (χ0v) is 8.90. The van der Waals surface area contributed by atoms with Gasteiger partial charge in [-0.3, -0.25) is 0 Å². The van der Waals surface area contributed by atoms with Gasteiger partial charge in [0.25, 0.3) is 0 Å². The molecule has 0 amide bonds. The van der Waals surface area contributed by atoms with Crippen LogP contribution in [0.15, 0.2) is 24.4 Å². The number of thiocarbonyl (C=S) groups is 1. The van der Waals surface area contributed by atoms with Crippen LogP contribution in [0, 0.1) is 0 Å². The molecule has 14 heavy (non-hydrogen) atoms. The molecule has 1 aromatic rings. The normalized spacial score (nSPS) is 9.21. The maximum Gasteiger partial charge on any atom is 0.166 e. The first kappa shape index (κ1) is 10.7. The van der Waals surface area contributed by atoms with Gasteiger partial charge in [-0.1, -0.05) is 6.07 Å². The molecule has 0 spiro atoms. The minimum absolute atomic E-state index is 0.660. The minimum atomic E-state index is 0.660. The summed E-state index contributed by atoms with van der Waals surface area (Å²) < 4.78 is 0. The molecule has 1 heterocycles. The third kappa shape index (κ3) is 4.04. The molecule has 3 N–H and O–H groups in total. The summed E-state index contributed by atoms with van der Waals surface area (Å²) >= 11 is 4.92. The van der Waals surface area contributed by atoms with Gasteiger partial charge >= 0.3 is 0 Å². The summed E-state index contributed by atoms with van der Waals surface area (Å²) in [6.07, 6.45) is 1.76. The van der Waals surface area contributed by atoms with Gasteiger partial charge in [-0.2, -0.15) is 0 Å². The number of hydrogen-bond acceptors (Lipinski definition) is 3. The number of anilines is 1. The molecule has 5 heteroatoms. The first-order chi connectivity index (χ1) is 6.83. The third-order valence-electron chi connectivity index (χ3n) is 1.61. The molecule has 0 aromatic carbocycles. The van der Waals surface area contributed by atoms with Crippen LogP contribution in [0.5, 0.6) is 0 Å². The lowest BCUT2D eigenvalue weighted by atomic mass is 10.4. The molecule has 0 aliphatic carbocycles. The van der Waals surface area contributed by atoms with Crippen molar-refractivity contribution in [3.05, 3.63) is 24.4 Å². The van der Waals surface area contributed by atoms with Crippen molar-refractivity contribution in [2.24, 2.45) is 0 Å². The van der Waals surface area contributed by atoms with Crippen LogP contribution in [0.2, 0.25) is 0 Å². The van der Waals surface area contributed by atoms with Gasteiger partial charge in [0, 0.05) is 26.3 Å². The van der Waals surface area contributed by atoms with Crippen molar-refractivity contribution in [3.63, 3.8) is 0 Å². The van der Waals surface area contributed by atoms with Crippen molar-refractivity contribution in [2.75, 3.05) is 25.5 Å². The standard InChI is InChI=1S/C9H14N4S/c1-10-9(14)13-7-6-12-8-4-2-3-5-11-8/h2-5H,6-7H2,1H3,(H,11,12)(H2,10,13,14). The fourth-order valence-electron chi connectivity index (χ4n) is 0.922. The van der Waals surface area contributed by atoms with Gasteiger partial charge in [0.05, 0.1) is 0 Å². The smallest absolute Gasteiger partial charge is 0.166 e. The Morgan fingerprint density at radius 3 is 2.93 bits per heavy atom. The molecular weight excluding hydrogens is 196 g/mol. The van der Waals surface area contributed by atoms with Crippen molar-refractivity contribution in [2.45, 2.75) is 0 Å². The van der Waals surface area contributed by atoms with Crippen LogP contribution in [0.3, 0.4) is 0 Å². The predicted molar refractivity (Wildman–Crippen MR) is 62.4 cm³/mol. The Morgan fingerprint density at radius 2 is 2.29 bits per heavy atom. The molecule has 0 unspecified atom stereocenters. The Hall–Kier alpha value is -1.36. The quantitative estimate of drug-likeness (QED) is 0.501. The van der Waals surface area contributed by atoms with Gasteiger partial charge in [0.15, 0.2) is 5.11 Å². The number of nitrogens with zero attached hydrogens (tertiary/aromatic N) is 1. The highest BCUT2D eigenvalue weighted by atomic mass is 32.1. The zero-order valence-electron chi connectivity index (χ0n) is 8.08. The molecule has 1 rings (SSSR count). The summed E-state index contributed by atoms with van der Waals surface area (Å²) in [7, 11) is 1.79. The van der Waals surface area contributed by atoms with E-state index in [0.29, 0.717) is 5.11 Å². The second-order valence-corrected chi connectivity index (χ2v) is 3.06. The summed E-state index contributed by atoms with van der Waals surface area (Å²) in [4.78, 5) is 4.13. The molecule has 1 aromatic heterocycles. The Bertz CT molecular complexity index is 275. The van der Waals surface area contributed by atoms with Gasteiger partial charge in [-0.05, 0) is 24.4 Å². The van der Waals surface area contributed by atoms with E-state index < -0.39 is 0 Å². The lowest BCUT2D eigenvalue weighted by Gasteiger charge is -2.08. The maximum atomic E-state index is 4.92. The van der Waals surface area contributed by atoms with E-state index in [1.54, 1.807) is 13.2 Å². The summed E-state index contributed by atoms with van der Waals surface area (Å²) in [6, 6.07) is 5.76. The molecule has 0 bridgehead atoms. The molecule has 0 saturated carbocycles. The van der Waals surface area contributed by atoms with Crippen LogP contribution in [-0.2, 0) is 0 Å². The molecule has 4 nitrogen and oxygen atoms in total. The van der Waals surface area contributed by atoms with E-state index in [0.717, 1.165) is 18.9 Å². The van der Waals surface area contributed by atoms with E-state index >= 15 is 0 Å². The number of nitrogens with one attached hydrogen (secondary N) is 3. The molecule has 0 aliphatic heterocycles. The summed E-state index contributed by atoms with van der Waals surface area (Å²) in [5.41, 5.74) is 0. The van der Waals surface area contributed by atoms with Crippen molar-refractivity contribution in [1.29, 1.82) is 0 Å². The fraction of sp³-hybridized carbons (Fsp3) is 0.333. The molecule has 0 saturated heterocycles. The van der Waals surface area contributed by atoms with Crippen LogP contribution >= 0.6 is 12.2 Å². The molecule has 0 aliphatic rings. The average Bonchev–Trinajstić information content (AvgIpc) is 2.25. The zero-order chi connectivity index (χ0) is 10.2. The lowest BCUT2D eigenvalue weighted by molar-refractivity contribution is 0.883. The Balaban J connectivity index is 2.13. The monoisotopic (exact) mass is 210 g/mol. The van der Waals surface area contributed by atoms with Crippen LogP contribution in [0.4, 0.5) is 5.82 Å². The second kappa shape index (κ2) is 6.15. The number of rotatable bonds is 4. The molecule has 0 fully saturated rings. The number of pyridine rings is 1. The number of hydrogen-bond donors (Lipinski definition) is 3. The lowest BCUT2D eigenvalue weighted by Crippen LogP contribution is -2.35. The van der Waals surface area contributed by atoms with Crippen molar-refractivity contribution in [3.8, 4) is 0 Å². The highest BCUT2D eigenvalue weighted by Gasteiger charge is 1.91. The van der Waals surface area contributed by atoms with Crippen molar-refractivity contribution >= 4 is 23.1 Å². The first-order valence-electron chi connectivity index (χ1n) is 4.43. The van der Waals surface area contributed by atoms with Crippen LogP contribution in [-0.4, -0.2) is 30.2 Å². The summed E-state index contributed by atoms with van der Waals surface area (Å²) in [5, 5.41) is 9.70. The summed E-state index contributed by atoms with van der Waals surface area (Å²) in [5.74, 6) is 0.879. The summed E-state index contributed by atoms with van der Waals surface area (Å²) in [6.45, 7) is 1.56. The van der Waals surface area contributed by atoms with E-state index in [-0.39, 0.29) is 0 Å². The molecule has 0 radical (unpaired) electrons. The Kier molecular flexibility index (Phi) is 4.71. The average molecular weight is 210 g/mol. The Labute approximate surface area is 89.1 Å². The second-order valence-electron chi connectivity index (χ2n) is 2.65. The third-order valence-corrected chi connectivity index (χ3v) is 1.96. The minimum Gasteiger partial charge on any atom is -0.368 e. The van der Waals surface area contributed by atoms with Gasteiger partial charge in [-0.25, -0.2) is 4.98 Å². The largest absolute Gasteiger partial charge is 0.368 e. The Morgan fingerprint density at radius 1 is 1.43 bits per heavy atom. The maximum absolute atomic E-state index is 4.92. The van der Waals surface area contributed by atoms with Crippen LogP contribution in [0.1, 0.15) is 0 Å².